The van der Waals surface area contributed by atoms with Crippen LogP contribution < -0.4 is 0 Å². The van der Waals surface area contributed by atoms with E-state index >= 15 is 0 Å². The fourth-order valence-electron chi connectivity index (χ4n) is 3.06. The standard InChI is InChI=1S/C20H13N3O3/c24-12-13-6-1-2-7-14(13)15-9-5-10-17-19(15)22-20(21-17)16-8-3-4-11-18(16)23(25)26/h1-12H,(H,21,22). The Bertz CT molecular complexity index is 1150. The number of imidazole rings is 1. The van der Waals surface area contributed by atoms with Crippen LogP contribution in [0.4, 0.5) is 5.69 Å². The topological polar surface area (TPSA) is 88.9 Å². The molecule has 126 valence electrons. The molecule has 0 aliphatic carbocycles. The molecule has 6 heteroatoms. The number of aldehydes is 1. The molecule has 0 radical (unpaired) electrons. The van der Waals surface area contributed by atoms with Crippen molar-refractivity contribution >= 4 is 23.0 Å². The van der Waals surface area contributed by atoms with Gasteiger partial charge in [-0.2, -0.15) is 0 Å². The van der Waals surface area contributed by atoms with Crippen molar-refractivity contribution < 1.29 is 9.72 Å². The van der Waals surface area contributed by atoms with Crippen molar-refractivity contribution in [2.45, 2.75) is 0 Å². The van der Waals surface area contributed by atoms with E-state index in [1.54, 1.807) is 30.3 Å². The molecule has 1 aromatic heterocycles. The lowest BCUT2D eigenvalue weighted by atomic mass is 9.99. The Morgan fingerprint density at radius 3 is 2.35 bits per heavy atom. The second kappa shape index (κ2) is 6.25. The van der Waals surface area contributed by atoms with Crippen LogP contribution in [0.5, 0.6) is 0 Å². The van der Waals surface area contributed by atoms with Gasteiger partial charge in [-0.1, -0.05) is 48.5 Å². The van der Waals surface area contributed by atoms with Gasteiger partial charge in [-0.3, -0.25) is 14.9 Å². The van der Waals surface area contributed by atoms with Gasteiger partial charge < -0.3 is 4.98 Å². The minimum Gasteiger partial charge on any atom is -0.337 e. The maximum Gasteiger partial charge on any atom is 0.280 e. The molecule has 0 aliphatic rings. The number of rotatable bonds is 4. The highest BCUT2D eigenvalue weighted by Gasteiger charge is 2.18. The Morgan fingerprint density at radius 1 is 0.885 bits per heavy atom. The molecular formula is C20H13N3O3. The van der Waals surface area contributed by atoms with E-state index in [-0.39, 0.29) is 5.69 Å². The van der Waals surface area contributed by atoms with E-state index in [4.69, 9.17) is 0 Å². The predicted octanol–water partition coefficient (Wildman–Crippen LogP) is 4.62. The van der Waals surface area contributed by atoms with Crippen LogP contribution in [0.25, 0.3) is 33.5 Å². The van der Waals surface area contributed by atoms with Crippen LogP contribution in [0.2, 0.25) is 0 Å². The van der Waals surface area contributed by atoms with E-state index in [0.717, 1.165) is 22.9 Å². The van der Waals surface area contributed by atoms with Crippen LogP contribution in [0.1, 0.15) is 10.4 Å². The number of fused-ring (bicyclic) bond motifs is 1. The first-order valence-corrected chi connectivity index (χ1v) is 7.96. The van der Waals surface area contributed by atoms with E-state index < -0.39 is 4.92 Å². The SMILES string of the molecule is O=Cc1ccccc1-c1cccc2nc(-c3ccccc3[N+](=O)[O-])[nH]c12. The number of aromatic amines is 1. The Hall–Kier alpha value is -3.80. The molecule has 0 bridgehead atoms. The molecule has 0 atom stereocenters. The Balaban J connectivity index is 1.96. The fourth-order valence-corrected chi connectivity index (χ4v) is 3.06. The van der Waals surface area contributed by atoms with Gasteiger partial charge in [0.1, 0.15) is 5.82 Å². The summed E-state index contributed by atoms with van der Waals surface area (Å²) in [7, 11) is 0. The summed E-state index contributed by atoms with van der Waals surface area (Å²) in [5.74, 6) is 0.420. The first kappa shape index (κ1) is 15.7. The van der Waals surface area contributed by atoms with Crippen LogP contribution in [-0.4, -0.2) is 21.2 Å². The highest BCUT2D eigenvalue weighted by molar-refractivity contribution is 5.98. The van der Waals surface area contributed by atoms with Crippen LogP contribution >= 0.6 is 0 Å². The number of benzene rings is 3. The van der Waals surface area contributed by atoms with Crippen molar-refractivity contribution in [2.24, 2.45) is 0 Å². The normalized spacial score (nSPS) is 10.8. The van der Waals surface area contributed by atoms with Gasteiger partial charge in [0.05, 0.1) is 21.5 Å². The van der Waals surface area contributed by atoms with Gasteiger partial charge in [-0.05, 0) is 17.7 Å². The predicted molar refractivity (Wildman–Crippen MR) is 99.0 cm³/mol. The summed E-state index contributed by atoms with van der Waals surface area (Å²) < 4.78 is 0. The summed E-state index contributed by atoms with van der Waals surface area (Å²) in [5, 5.41) is 11.3. The van der Waals surface area contributed by atoms with Crippen molar-refractivity contribution in [1.29, 1.82) is 0 Å². The number of nitro groups is 1. The molecule has 4 rings (SSSR count). The molecule has 4 aromatic rings. The largest absolute Gasteiger partial charge is 0.337 e. The Labute approximate surface area is 148 Å². The number of hydrogen-bond donors (Lipinski definition) is 1. The third-order valence-electron chi connectivity index (χ3n) is 4.25. The van der Waals surface area contributed by atoms with Crippen LogP contribution in [0.15, 0.2) is 66.7 Å². The van der Waals surface area contributed by atoms with E-state index in [2.05, 4.69) is 9.97 Å². The number of H-pyrrole nitrogens is 1. The lowest BCUT2D eigenvalue weighted by molar-refractivity contribution is -0.384. The molecule has 0 spiro atoms. The molecule has 1 N–H and O–H groups in total. The molecule has 3 aromatic carbocycles. The molecule has 6 nitrogen and oxygen atoms in total. The molecule has 26 heavy (non-hydrogen) atoms. The molecule has 0 aliphatic heterocycles. The number of para-hydroxylation sites is 2. The molecule has 0 fully saturated rings. The second-order valence-corrected chi connectivity index (χ2v) is 5.76. The summed E-state index contributed by atoms with van der Waals surface area (Å²) in [6.07, 6.45) is 0.813. The van der Waals surface area contributed by atoms with Gasteiger partial charge in [0.15, 0.2) is 6.29 Å². The second-order valence-electron chi connectivity index (χ2n) is 5.76. The maximum absolute atomic E-state index is 11.4. The average Bonchev–Trinajstić information content (AvgIpc) is 3.12. The monoisotopic (exact) mass is 343 g/mol. The minimum atomic E-state index is -0.425. The van der Waals surface area contributed by atoms with Gasteiger partial charge >= 0.3 is 0 Å². The van der Waals surface area contributed by atoms with Gasteiger partial charge in [0.25, 0.3) is 5.69 Å². The van der Waals surface area contributed by atoms with Gasteiger partial charge in [-0.15, -0.1) is 0 Å². The zero-order valence-electron chi connectivity index (χ0n) is 13.5. The summed E-state index contributed by atoms with van der Waals surface area (Å²) in [6, 6.07) is 19.3. The van der Waals surface area contributed by atoms with Gasteiger partial charge in [-0.25, -0.2) is 4.98 Å². The summed E-state index contributed by atoms with van der Waals surface area (Å²) >= 11 is 0. The number of carbonyl (C=O) groups excluding carboxylic acids is 1. The third-order valence-corrected chi connectivity index (χ3v) is 4.25. The number of hydrogen-bond acceptors (Lipinski definition) is 4. The minimum absolute atomic E-state index is 0.0126. The van der Waals surface area contributed by atoms with Crippen LogP contribution in [-0.2, 0) is 0 Å². The number of carbonyl (C=O) groups is 1. The fraction of sp³-hybridized carbons (Fsp3) is 0. The van der Waals surface area contributed by atoms with E-state index in [1.165, 1.54) is 6.07 Å². The highest BCUT2D eigenvalue weighted by Crippen LogP contribution is 2.33. The molecule has 0 amide bonds. The first-order chi connectivity index (χ1) is 12.7. The molecule has 0 saturated carbocycles. The van der Waals surface area contributed by atoms with Crippen molar-refractivity contribution in [2.75, 3.05) is 0 Å². The van der Waals surface area contributed by atoms with Crippen LogP contribution in [0.3, 0.4) is 0 Å². The highest BCUT2D eigenvalue weighted by atomic mass is 16.6. The Morgan fingerprint density at radius 2 is 1.58 bits per heavy atom. The zero-order chi connectivity index (χ0) is 18.1. The maximum atomic E-state index is 11.4. The number of nitrogens with one attached hydrogen (secondary N) is 1. The van der Waals surface area contributed by atoms with Crippen LogP contribution in [0, 0.1) is 10.1 Å². The van der Waals surface area contributed by atoms with Crippen molar-refractivity contribution in [3.63, 3.8) is 0 Å². The van der Waals surface area contributed by atoms with Gasteiger partial charge in [0.2, 0.25) is 0 Å². The van der Waals surface area contributed by atoms with Crippen molar-refractivity contribution in [3.8, 4) is 22.5 Å². The molecule has 0 unspecified atom stereocenters. The quantitative estimate of drug-likeness (QED) is 0.333. The van der Waals surface area contributed by atoms with Crippen molar-refractivity contribution in [3.05, 3.63) is 82.4 Å². The zero-order valence-corrected chi connectivity index (χ0v) is 13.5. The smallest absolute Gasteiger partial charge is 0.280 e. The van der Waals surface area contributed by atoms with E-state index in [1.807, 2.05) is 30.3 Å². The summed E-state index contributed by atoms with van der Waals surface area (Å²) in [5.41, 5.74) is 3.99. The van der Waals surface area contributed by atoms with E-state index in [0.29, 0.717) is 22.5 Å². The molecular weight excluding hydrogens is 330 g/mol. The molecule has 1 heterocycles. The third kappa shape index (κ3) is 2.53. The number of nitro benzene ring substituents is 1. The summed E-state index contributed by atoms with van der Waals surface area (Å²) in [6.45, 7) is 0. The average molecular weight is 343 g/mol. The van der Waals surface area contributed by atoms with Gasteiger partial charge in [0, 0.05) is 17.2 Å². The van der Waals surface area contributed by atoms with Crippen molar-refractivity contribution in [1.82, 2.24) is 9.97 Å². The Kier molecular flexibility index (Phi) is 3.78. The van der Waals surface area contributed by atoms with E-state index in [9.17, 15) is 14.9 Å². The lowest BCUT2D eigenvalue weighted by Crippen LogP contribution is -1.92. The summed E-state index contributed by atoms with van der Waals surface area (Å²) in [4.78, 5) is 30.0. The lowest BCUT2D eigenvalue weighted by Gasteiger charge is -2.05. The first-order valence-electron chi connectivity index (χ1n) is 7.96. The molecule has 0 saturated heterocycles. The number of aromatic nitrogens is 2. The number of nitrogens with zero attached hydrogens (tertiary/aromatic N) is 2.